The van der Waals surface area contributed by atoms with Gasteiger partial charge in [-0.3, -0.25) is 4.79 Å². The van der Waals surface area contributed by atoms with Crippen molar-refractivity contribution in [3.8, 4) is 0 Å². The minimum absolute atomic E-state index is 0.220. The molecule has 0 saturated carbocycles. The molecule has 1 amide bonds. The largest absolute Gasteiger partial charge is 0.339 e. The second-order valence-corrected chi connectivity index (χ2v) is 4.97. The first-order valence-electron chi connectivity index (χ1n) is 6.84. The smallest absolute Gasteiger partial charge is 0.224 e. The molecule has 1 aliphatic rings. The molecule has 3 heteroatoms. The molecule has 1 heterocycles. The number of benzene rings is 1. The minimum atomic E-state index is 0.220. The molecule has 0 radical (unpaired) electrons. The molecule has 1 aromatic rings. The Labute approximate surface area is 109 Å². The molecule has 1 atom stereocenters. The summed E-state index contributed by atoms with van der Waals surface area (Å²) in [6.07, 6.45) is 4.92. The van der Waals surface area contributed by atoms with E-state index in [1.54, 1.807) is 0 Å². The van der Waals surface area contributed by atoms with Crippen LogP contribution in [0.5, 0.6) is 0 Å². The Hall–Kier alpha value is -1.35. The van der Waals surface area contributed by atoms with E-state index in [0.29, 0.717) is 19.0 Å². The predicted octanol–water partition coefficient (Wildman–Crippen LogP) is 1.96. The molecule has 1 unspecified atom stereocenters. The molecule has 0 spiro atoms. The molecule has 18 heavy (non-hydrogen) atoms. The van der Waals surface area contributed by atoms with Gasteiger partial charge >= 0.3 is 0 Å². The van der Waals surface area contributed by atoms with Gasteiger partial charge in [0.1, 0.15) is 0 Å². The summed E-state index contributed by atoms with van der Waals surface area (Å²) in [7, 11) is 0. The topological polar surface area (TPSA) is 46.3 Å². The second kappa shape index (κ2) is 6.55. The van der Waals surface area contributed by atoms with E-state index in [1.807, 2.05) is 11.0 Å². The number of likely N-dealkylation sites (tertiary alicyclic amines) is 1. The van der Waals surface area contributed by atoms with E-state index in [4.69, 9.17) is 5.73 Å². The van der Waals surface area contributed by atoms with Crippen LogP contribution in [0.2, 0.25) is 0 Å². The lowest BCUT2D eigenvalue weighted by Crippen LogP contribution is -2.45. The third-order valence-corrected chi connectivity index (χ3v) is 3.62. The molecule has 1 saturated heterocycles. The number of amides is 1. The van der Waals surface area contributed by atoms with Gasteiger partial charge in [0, 0.05) is 25.6 Å². The summed E-state index contributed by atoms with van der Waals surface area (Å²) in [6, 6.07) is 10.8. The van der Waals surface area contributed by atoms with Crippen molar-refractivity contribution < 1.29 is 4.79 Å². The van der Waals surface area contributed by atoms with Gasteiger partial charge in [-0.15, -0.1) is 0 Å². The first kappa shape index (κ1) is 13.1. The molecule has 2 rings (SSSR count). The molecule has 0 aromatic heterocycles. The van der Waals surface area contributed by atoms with Crippen LogP contribution in [0.25, 0.3) is 0 Å². The van der Waals surface area contributed by atoms with Crippen LogP contribution in [0.15, 0.2) is 30.3 Å². The SMILES string of the molecule is NCCC(=O)N1CCCCC1Cc1ccccc1. The highest BCUT2D eigenvalue weighted by Gasteiger charge is 2.25. The van der Waals surface area contributed by atoms with Crippen LogP contribution in [0, 0.1) is 0 Å². The van der Waals surface area contributed by atoms with Gasteiger partial charge in [0.2, 0.25) is 5.91 Å². The van der Waals surface area contributed by atoms with Gasteiger partial charge < -0.3 is 10.6 Å². The summed E-state index contributed by atoms with van der Waals surface area (Å²) in [6.45, 7) is 1.35. The van der Waals surface area contributed by atoms with E-state index < -0.39 is 0 Å². The molecule has 0 bridgehead atoms. The van der Waals surface area contributed by atoms with E-state index in [9.17, 15) is 4.79 Å². The van der Waals surface area contributed by atoms with Gasteiger partial charge in [0.25, 0.3) is 0 Å². The van der Waals surface area contributed by atoms with Gasteiger partial charge in [-0.25, -0.2) is 0 Å². The maximum atomic E-state index is 12.0. The van der Waals surface area contributed by atoms with Crippen LogP contribution in [0.4, 0.5) is 0 Å². The lowest BCUT2D eigenvalue weighted by atomic mass is 9.95. The summed E-state index contributed by atoms with van der Waals surface area (Å²) in [5.74, 6) is 0.220. The summed E-state index contributed by atoms with van der Waals surface area (Å²) < 4.78 is 0. The van der Waals surface area contributed by atoms with Crippen LogP contribution in [0.1, 0.15) is 31.2 Å². The van der Waals surface area contributed by atoms with Crippen molar-refractivity contribution in [1.82, 2.24) is 4.90 Å². The maximum Gasteiger partial charge on any atom is 0.224 e. The number of rotatable bonds is 4. The molecule has 1 aromatic carbocycles. The van der Waals surface area contributed by atoms with Crippen molar-refractivity contribution in [1.29, 1.82) is 0 Å². The summed E-state index contributed by atoms with van der Waals surface area (Å²) in [5, 5.41) is 0. The van der Waals surface area contributed by atoms with E-state index in [1.165, 1.54) is 12.0 Å². The Morgan fingerprint density at radius 1 is 1.28 bits per heavy atom. The molecule has 0 aliphatic carbocycles. The highest BCUT2D eigenvalue weighted by molar-refractivity contribution is 5.76. The van der Waals surface area contributed by atoms with Gasteiger partial charge in [-0.1, -0.05) is 30.3 Å². The molecule has 1 fully saturated rings. The van der Waals surface area contributed by atoms with Crippen molar-refractivity contribution in [2.45, 2.75) is 38.1 Å². The van der Waals surface area contributed by atoms with Gasteiger partial charge in [-0.2, -0.15) is 0 Å². The predicted molar refractivity (Wildman–Crippen MR) is 73.2 cm³/mol. The van der Waals surface area contributed by atoms with Gasteiger partial charge in [0.05, 0.1) is 0 Å². The maximum absolute atomic E-state index is 12.0. The number of piperidine rings is 1. The van der Waals surface area contributed by atoms with Crippen LogP contribution < -0.4 is 5.73 Å². The van der Waals surface area contributed by atoms with E-state index in [2.05, 4.69) is 24.3 Å². The van der Waals surface area contributed by atoms with Gasteiger partial charge in [0.15, 0.2) is 0 Å². The van der Waals surface area contributed by atoms with Crippen LogP contribution >= 0.6 is 0 Å². The zero-order valence-electron chi connectivity index (χ0n) is 10.8. The number of carbonyl (C=O) groups is 1. The zero-order valence-corrected chi connectivity index (χ0v) is 10.8. The fourth-order valence-corrected chi connectivity index (χ4v) is 2.69. The number of hydrogen-bond donors (Lipinski definition) is 1. The highest BCUT2D eigenvalue weighted by atomic mass is 16.2. The summed E-state index contributed by atoms with van der Waals surface area (Å²) in [5.41, 5.74) is 6.80. The molecule has 3 nitrogen and oxygen atoms in total. The average molecular weight is 246 g/mol. The fraction of sp³-hybridized carbons (Fsp3) is 0.533. The second-order valence-electron chi connectivity index (χ2n) is 4.97. The van der Waals surface area contributed by atoms with Crippen molar-refractivity contribution >= 4 is 5.91 Å². The van der Waals surface area contributed by atoms with Gasteiger partial charge in [-0.05, 0) is 31.2 Å². The summed E-state index contributed by atoms with van der Waals surface area (Å²) in [4.78, 5) is 14.1. The van der Waals surface area contributed by atoms with Crippen LogP contribution in [0.3, 0.4) is 0 Å². The van der Waals surface area contributed by atoms with Crippen molar-refractivity contribution in [3.05, 3.63) is 35.9 Å². The van der Waals surface area contributed by atoms with E-state index in [-0.39, 0.29) is 5.91 Å². The molecule has 2 N–H and O–H groups in total. The Morgan fingerprint density at radius 3 is 2.78 bits per heavy atom. The Kier molecular flexibility index (Phi) is 4.76. The summed E-state index contributed by atoms with van der Waals surface area (Å²) >= 11 is 0. The third-order valence-electron chi connectivity index (χ3n) is 3.62. The third kappa shape index (κ3) is 3.33. The zero-order chi connectivity index (χ0) is 12.8. The lowest BCUT2D eigenvalue weighted by Gasteiger charge is -2.36. The minimum Gasteiger partial charge on any atom is -0.339 e. The van der Waals surface area contributed by atoms with Crippen LogP contribution in [-0.2, 0) is 11.2 Å². The molecular weight excluding hydrogens is 224 g/mol. The first-order valence-corrected chi connectivity index (χ1v) is 6.84. The fourth-order valence-electron chi connectivity index (χ4n) is 2.69. The van der Waals surface area contributed by atoms with E-state index >= 15 is 0 Å². The lowest BCUT2D eigenvalue weighted by molar-refractivity contribution is -0.134. The Bertz CT molecular complexity index is 377. The first-order chi connectivity index (χ1) is 8.81. The standard InChI is InChI=1S/C15H22N2O/c16-10-9-15(18)17-11-5-4-8-14(17)12-13-6-2-1-3-7-13/h1-3,6-7,14H,4-5,8-12,16H2. The molecular formula is C15H22N2O. The van der Waals surface area contributed by atoms with Crippen molar-refractivity contribution in [3.63, 3.8) is 0 Å². The number of hydrogen-bond acceptors (Lipinski definition) is 2. The van der Waals surface area contributed by atoms with Crippen molar-refractivity contribution in [2.24, 2.45) is 5.73 Å². The number of nitrogens with two attached hydrogens (primary N) is 1. The van der Waals surface area contributed by atoms with E-state index in [0.717, 1.165) is 25.8 Å². The quantitative estimate of drug-likeness (QED) is 0.882. The highest BCUT2D eigenvalue weighted by Crippen LogP contribution is 2.21. The Balaban J connectivity index is 2.01. The molecule has 98 valence electrons. The Morgan fingerprint density at radius 2 is 2.06 bits per heavy atom. The number of nitrogens with zero attached hydrogens (tertiary/aromatic N) is 1. The number of carbonyl (C=O) groups excluding carboxylic acids is 1. The monoisotopic (exact) mass is 246 g/mol. The van der Waals surface area contributed by atoms with Crippen LogP contribution in [-0.4, -0.2) is 29.9 Å². The molecule has 1 aliphatic heterocycles. The van der Waals surface area contributed by atoms with Crippen molar-refractivity contribution in [2.75, 3.05) is 13.1 Å². The normalized spacial score (nSPS) is 19.8. The average Bonchev–Trinajstić information content (AvgIpc) is 2.41.